The van der Waals surface area contributed by atoms with Gasteiger partial charge in [0, 0.05) is 66.9 Å². The van der Waals surface area contributed by atoms with Gasteiger partial charge in [-0.3, -0.25) is 0 Å². The van der Waals surface area contributed by atoms with Crippen molar-refractivity contribution in [1.82, 2.24) is 0 Å². The fourth-order valence-electron chi connectivity index (χ4n) is 4.04. The van der Waals surface area contributed by atoms with E-state index >= 15 is 0 Å². The third-order valence-corrected chi connectivity index (χ3v) is 13.2. The zero-order valence-corrected chi connectivity index (χ0v) is 27.0. The van der Waals surface area contributed by atoms with E-state index in [-0.39, 0.29) is 0 Å². The van der Waals surface area contributed by atoms with Crippen LogP contribution in [0.15, 0.2) is 0 Å². The van der Waals surface area contributed by atoms with Crippen LogP contribution in [0.2, 0.25) is 12.1 Å². The lowest BCUT2D eigenvalue weighted by atomic mass is 10.00. The van der Waals surface area contributed by atoms with E-state index in [1.165, 1.54) is 63.4 Å². The van der Waals surface area contributed by atoms with E-state index in [0.717, 1.165) is 48.6 Å². The first-order chi connectivity index (χ1) is 16.9. The van der Waals surface area contributed by atoms with Crippen molar-refractivity contribution in [2.75, 3.05) is 48.4 Å². The summed E-state index contributed by atoms with van der Waals surface area (Å²) in [6.45, 7) is 2.26. The molecule has 0 aromatic rings. The summed E-state index contributed by atoms with van der Waals surface area (Å²) in [5.41, 5.74) is 0. The van der Waals surface area contributed by atoms with E-state index in [0.29, 0.717) is 5.92 Å². The minimum absolute atomic E-state index is 0.560. The first-order valence-electron chi connectivity index (χ1n) is 13.0. The molecule has 35 heavy (non-hydrogen) atoms. The fraction of sp³-hybridized carbons (Fsp3) is 0.958. The van der Waals surface area contributed by atoms with Crippen LogP contribution in [0.5, 0.6) is 0 Å². The van der Waals surface area contributed by atoms with E-state index in [4.69, 9.17) is 43.0 Å². The van der Waals surface area contributed by atoms with Gasteiger partial charge in [-0.05, 0) is 37.4 Å². The molecule has 0 amide bonds. The van der Waals surface area contributed by atoms with Crippen molar-refractivity contribution in [1.29, 1.82) is 0 Å². The van der Waals surface area contributed by atoms with Crippen molar-refractivity contribution in [2.24, 2.45) is 5.92 Å². The van der Waals surface area contributed by atoms with Gasteiger partial charge in [0.05, 0.1) is 12.0 Å². The Balaban J connectivity index is 3.62. The smallest absolute Gasteiger partial charge is 0.419 e. The molecule has 0 saturated heterocycles. The summed E-state index contributed by atoms with van der Waals surface area (Å²) in [4.78, 5) is 0. The van der Waals surface area contributed by atoms with Crippen LogP contribution in [0.3, 0.4) is 0 Å². The van der Waals surface area contributed by atoms with Crippen molar-refractivity contribution in [2.45, 2.75) is 96.1 Å². The van der Waals surface area contributed by atoms with Crippen LogP contribution in [0.25, 0.3) is 0 Å². The van der Waals surface area contributed by atoms with Crippen LogP contribution in [0.1, 0.15) is 84.0 Å². The Morgan fingerprint density at radius 1 is 0.629 bits per heavy atom. The molecule has 0 aliphatic carbocycles. The predicted octanol–water partition coefficient (Wildman–Crippen LogP) is 7.05. The minimum Gasteiger partial charge on any atom is -0.419 e. The van der Waals surface area contributed by atoms with Gasteiger partial charge in [-0.1, -0.05) is 58.3 Å². The molecular formula is C24H52O7S2Si2. The summed E-state index contributed by atoms with van der Waals surface area (Å²) in [7, 11) is 5.25. The second-order valence-electron chi connectivity index (χ2n) is 9.00. The average Bonchev–Trinajstić information content (AvgIpc) is 2.88. The van der Waals surface area contributed by atoms with E-state index in [1.807, 2.05) is 0 Å². The third kappa shape index (κ3) is 16.8. The van der Waals surface area contributed by atoms with Crippen LogP contribution in [0.4, 0.5) is 0 Å². The second-order valence-corrected chi connectivity index (χ2v) is 16.4. The van der Waals surface area contributed by atoms with Gasteiger partial charge >= 0.3 is 17.6 Å². The molecule has 0 aliphatic heterocycles. The van der Waals surface area contributed by atoms with Gasteiger partial charge in [-0.2, -0.15) is 0 Å². The SMILES string of the molecule is CO[Si](CCCCCCCCSOC(=S)CC(C)CCCCCC[Si](OC)(OC)OC)(OC)OC. The molecule has 0 radical (unpaired) electrons. The quantitative estimate of drug-likeness (QED) is 0.0495. The van der Waals surface area contributed by atoms with Crippen molar-refractivity contribution in [3.8, 4) is 0 Å². The molecule has 0 aromatic heterocycles. The van der Waals surface area contributed by atoms with Gasteiger partial charge < -0.3 is 30.7 Å². The van der Waals surface area contributed by atoms with Crippen LogP contribution in [-0.2, 0) is 30.7 Å². The number of hydrogen-bond donors (Lipinski definition) is 0. The van der Waals surface area contributed by atoms with Gasteiger partial charge in [-0.25, -0.2) is 0 Å². The number of unbranched alkanes of at least 4 members (excludes halogenated alkanes) is 8. The molecule has 11 heteroatoms. The van der Waals surface area contributed by atoms with E-state index in [9.17, 15) is 0 Å². The maximum Gasteiger partial charge on any atom is 0.500 e. The number of rotatable bonds is 25. The number of hydrogen-bond acceptors (Lipinski definition) is 9. The lowest BCUT2D eigenvalue weighted by Crippen LogP contribution is -2.42. The summed E-state index contributed by atoms with van der Waals surface area (Å²) in [6.07, 6.45) is 13.9. The molecule has 0 rings (SSSR count). The van der Waals surface area contributed by atoms with Crippen molar-refractivity contribution in [3.05, 3.63) is 0 Å². The summed E-state index contributed by atoms with van der Waals surface area (Å²) in [6, 6.07) is 1.76. The fourth-order valence-corrected chi connectivity index (χ4v) is 8.66. The molecule has 0 aliphatic rings. The molecule has 0 fully saturated rings. The molecule has 0 bridgehead atoms. The van der Waals surface area contributed by atoms with E-state index in [1.54, 1.807) is 42.7 Å². The highest BCUT2D eigenvalue weighted by Crippen LogP contribution is 2.21. The molecule has 0 heterocycles. The number of thiocarbonyl (C=S) groups is 1. The molecule has 1 unspecified atom stereocenters. The van der Waals surface area contributed by atoms with Gasteiger partial charge in [-0.15, -0.1) is 0 Å². The summed E-state index contributed by atoms with van der Waals surface area (Å²) in [5, 5.41) is 0.737. The Morgan fingerprint density at radius 3 is 1.49 bits per heavy atom. The van der Waals surface area contributed by atoms with Gasteiger partial charge in [0.15, 0.2) is 5.05 Å². The summed E-state index contributed by atoms with van der Waals surface area (Å²) < 4.78 is 38.5. The van der Waals surface area contributed by atoms with Crippen molar-refractivity contribution in [3.63, 3.8) is 0 Å². The molecule has 210 valence electrons. The molecule has 7 nitrogen and oxygen atoms in total. The average molecular weight is 573 g/mol. The highest BCUT2D eigenvalue weighted by molar-refractivity contribution is 7.95. The predicted molar refractivity (Wildman–Crippen MR) is 154 cm³/mol. The van der Waals surface area contributed by atoms with Crippen LogP contribution >= 0.6 is 24.3 Å². The second kappa shape index (κ2) is 22.4. The Hall–Kier alpha value is 0.434. The summed E-state index contributed by atoms with van der Waals surface area (Å²) in [5.74, 6) is 1.56. The van der Waals surface area contributed by atoms with Crippen LogP contribution < -0.4 is 0 Å². The molecule has 0 spiro atoms. The van der Waals surface area contributed by atoms with E-state index in [2.05, 4.69) is 6.92 Å². The molecule has 0 N–H and O–H groups in total. The maximum absolute atomic E-state index is 5.73. The Labute approximate surface area is 227 Å². The highest BCUT2D eigenvalue weighted by Gasteiger charge is 2.37. The maximum atomic E-state index is 5.73. The lowest BCUT2D eigenvalue weighted by Gasteiger charge is -2.24. The largest absolute Gasteiger partial charge is 0.500 e. The summed E-state index contributed by atoms with van der Waals surface area (Å²) >= 11 is 6.94. The van der Waals surface area contributed by atoms with E-state index < -0.39 is 17.6 Å². The lowest BCUT2D eigenvalue weighted by molar-refractivity contribution is 0.122. The Morgan fingerprint density at radius 2 is 1.03 bits per heavy atom. The monoisotopic (exact) mass is 572 g/mol. The van der Waals surface area contributed by atoms with Gasteiger partial charge in [0.1, 0.15) is 0 Å². The van der Waals surface area contributed by atoms with Crippen LogP contribution in [-0.4, -0.2) is 71.1 Å². The van der Waals surface area contributed by atoms with Crippen molar-refractivity contribution >= 4 is 46.9 Å². The zero-order chi connectivity index (χ0) is 26.4. The Kier molecular flexibility index (Phi) is 22.7. The van der Waals surface area contributed by atoms with Crippen molar-refractivity contribution < 1.29 is 30.7 Å². The topological polar surface area (TPSA) is 64.6 Å². The molecule has 0 saturated carbocycles. The van der Waals surface area contributed by atoms with Gasteiger partial charge in [0.2, 0.25) is 0 Å². The standard InChI is InChI=1S/C24H52O7S2Si2/c1-23(18-14-10-13-17-21-35(28-5,29-6)30-7)22-24(32)31-33-19-15-11-8-9-12-16-20-34(25-2,26-3)27-4/h23H,8-22H2,1-7H3. The zero-order valence-electron chi connectivity index (χ0n) is 23.4. The van der Waals surface area contributed by atoms with Crippen LogP contribution in [0, 0.1) is 5.92 Å². The first-order valence-corrected chi connectivity index (χ1v) is 18.2. The Bertz CT molecular complexity index is 494. The molecule has 0 aromatic carbocycles. The van der Waals surface area contributed by atoms with Gasteiger partial charge in [0.25, 0.3) is 0 Å². The molecule has 1 atom stereocenters. The highest BCUT2D eigenvalue weighted by atomic mass is 32.2. The normalized spacial score (nSPS) is 13.2. The third-order valence-electron chi connectivity index (χ3n) is 6.42. The molecular weight excluding hydrogens is 521 g/mol. The first kappa shape index (κ1) is 35.4. The minimum atomic E-state index is -2.41.